The molecule has 26 heavy (non-hydrogen) atoms. The Bertz CT molecular complexity index is 845. The Kier molecular flexibility index (Phi) is 5.34. The number of nitrogens with one attached hydrogen (secondary N) is 2. The van der Waals surface area contributed by atoms with Crippen LogP contribution >= 0.6 is 0 Å². The number of benzene rings is 2. The summed E-state index contributed by atoms with van der Waals surface area (Å²) in [6.45, 7) is 1.31. The average molecular weight is 351 g/mol. The molecule has 0 aromatic heterocycles. The van der Waals surface area contributed by atoms with E-state index in [-0.39, 0.29) is 17.6 Å². The van der Waals surface area contributed by atoms with Gasteiger partial charge in [-0.2, -0.15) is 0 Å². The Labute approximate surface area is 152 Å². The first-order valence-corrected chi connectivity index (χ1v) is 8.36. The summed E-state index contributed by atoms with van der Waals surface area (Å²) in [7, 11) is 3.89. The van der Waals surface area contributed by atoms with E-state index >= 15 is 0 Å². The zero-order valence-electron chi connectivity index (χ0n) is 14.8. The molecule has 6 nitrogen and oxygen atoms in total. The second-order valence-electron chi connectivity index (χ2n) is 6.25. The molecule has 2 N–H and O–H groups in total. The molecule has 0 spiro atoms. The number of fused-ring (bicyclic) bond motifs is 1. The van der Waals surface area contributed by atoms with Crippen molar-refractivity contribution in [3.05, 3.63) is 65.4 Å². The standard InChI is InChI=1S/C20H21N3O3/c1-23(2)11-10-21-19(24)15-8-9-17-16(13-15)22-20(25)18(26-17)12-14-6-4-3-5-7-14/h3-9,12-13H,10-11H2,1-2H3,(H,21,24)(H,22,25)/b18-12+. The zero-order chi connectivity index (χ0) is 18.5. The fourth-order valence-corrected chi connectivity index (χ4v) is 2.50. The van der Waals surface area contributed by atoms with E-state index in [4.69, 9.17) is 4.74 Å². The monoisotopic (exact) mass is 351 g/mol. The second kappa shape index (κ2) is 7.84. The fourth-order valence-electron chi connectivity index (χ4n) is 2.50. The highest BCUT2D eigenvalue weighted by atomic mass is 16.5. The third-order valence-corrected chi connectivity index (χ3v) is 3.88. The predicted octanol–water partition coefficient (Wildman–Crippen LogP) is 2.35. The summed E-state index contributed by atoms with van der Waals surface area (Å²) in [6, 6.07) is 14.5. The van der Waals surface area contributed by atoms with E-state index < -0.39 is 0 Å². The molecule has 3 rings (SSSR count). The molecule has 1 aliphatic heterocycles. The van der Waals surface area contributed by atoms with Crippen molar-refractivity contribution in [3.63, 3.8) is 0 Å². The van der Waals surface area contributed by atoms with Crippen LogP contribution in [0.2, 0.25) is 0 Å². The van der Waals surface area contributed by atoms with Gasteiger partial charge in [0.25, 0.3) is 11.8 Å². The number of ether oxygens (including phenoxy) is 1. The third-order valence-electron chi connectivity index (χ3n) is 3.88. The number of likely N-dealkylation sites (N-methyl/N-ethyl adjacent to an activating group) is 1. The number of carbonyl (C=O) groups excluding carboxylic acids is 2. The molecule has 0 radical (unpaired) electrons. The number of hydrogen-bond acceptors (Lipinski definition) is 4. The van der Waals surface area contributed by atoms with Crippen molar-refractivity contribution >= 4 is 23.6 Å². The molecular weight excluding hydrogens is 330 g/mol. The lowest BCUT2D eigenvalue weighted by Crippen LogP contribution is -2.31. The summed E-state index contributed by atoms with van der Waals surface area (Å²) in [6.07, 6.45) is 1.68. The van der Waals surface area contributed by atoms with Gasteiger partial charge in [0.2, 0.25) is 0 Å². The summed E-state index contributed by atoms with van der Waals surface area (Å²) in [5, 5.41) is 5.62. The Balaban J connectivity index is 1.74. The zero-order valence-corrected chi connectivity index (χ0v) is 14.8. The highest BCUT2D eigenvalue weighted by molar-refractivity contribution is 6.09. The molecule has 6 heteroatoms. The second-order valence-corrected chi connectivity index (χ2v) is 6.25. The smallest absolute Gasteiger partial charge is 0.291 e. The van der Waals surface area contributed by atoms with Crippen molar-refractivity contribution in [3.8, 4) is 5.75 Å². The van der Waals surface area contributed by atoms with Gasteiger partial charge in [0, 0.05) is 18.7 Å². The van der Waals surface area contributed by atoms with Crippen LogP contribution in [0.5, 0.6) is 5.75 Å². The highest BCUT2D eigenvalue weighted by Crippen LogP contribution is 2.32. The van der Waals surface area contributed by atoms with Gasteiger partial charge in [-0.05, 0) is 43.9 Å². The average Bonchev–Trinajstić information content (AvgIpc) is 2.62. The van der Waals surface area contributed by atoms with Crippen molar-refractivity contribution in [2.24, 2.45) is 0 Å². The summed E-state index contributed by atoms with van der Waals surface area (Å²) < 4.78 is 5.71. The maximum Gasteiger partial charge on any atom is 0.291 e. The van der Waals surface area contributed by atoms with Crippen molar-refractivity contribution in [1.82, 2.24) is 10.2 Å². The Hall–Kier alpha value is -3.12. The van der Waals surface area contributed by atoms with E-state index in [1.54, 1.807) is 24.3 Å². The molecule has 1 aliphatic rings. The first-order valence-electron chi connectivity index (χ1n) is 8.36. The van der Waals surface area contributed by atoms with Crippen LogP contribution < -0.4 is 15.4 Å². The van der Waals surface area contributed by atoms with E-state index in [9.17, 15) is 9.59 Å². The van der Waals surface area contributed by atoms with Crippen molar-refractivity contribution < 1.29 is 14.3 Å². The van der Waals surface area contributed by atoms with Crippen molar-refractivity contribution in [2.75, 3.05) is 32.5 Å². The van der Waals surface area contributed by atoms with Crippen LogP contribution in [0.1, 0.15) is 15.9 Å². The van der Waals surface area contributed by atoms with Gasteiger partial charge >= 0.3 is 0 Å². The molecule has 1 heterocycles. The van der Waals surface area contributed by atoms with Gasteiger partial charge in [-0.15, -0.1) is 0 Å². The van der Waals surface area contributed by atoms with Gasteiger partial charge < -0.3 is 20.3 Å². The summed E-state index contributed by atoms with van der Waals surface area (Å²) in [4.78, 5) is 26.5. The van der Waals surface area contributed by atoms with E-state index in [0.29, 0.717) is 23.5 Å². The number of amides is 2. The Morgan fingerprint density at radius 1 is 1.19 bits per heavy atom. The molecule has 0 saturated carbocycles. The van der Waals surface area contributed by atoms with Crippen LogP contribution in [0.3, 0.4) is 0 Å². The van der Waals surface area contributed by atoms with Crippen molar-refractivity contribution in [1.29, 1.82) is 0 Å². The first-order chi connectivity index (χ1) is 12.5. The van der Waals surface area contributed by atoms with Gasteiger partial charge in [0.05, 0.1) is 5.69 Å². The fraction of sp³-hybridized carbons (Fsp3) is 0.200. The van der Waals surface area contributed by atoms with E-state index in [0.717, 1.165) is 12.1 Å². The number of rotatable bonds is 5. The molecule has 0 saturated heterocycles. The molecule has 134 valence electrons. The quantitative estimate of drug-likeness (QED) is 0.812. The molecule has 0 aliphatic carbocycles. The van der Waals surface area contributed by atoms with Crippen LogP contribution in [0.4, 0.5) is 5.69 Å². The largest absolute Gasteiger partial charge is 0.449 e. The van der Waals surface area contributed by atoms with Gasteiger partial charge in [-0.3, -0.25) is 9.59 Å². The van der Waals surface area contributed by atoms with Crippen LogP contribution in [0.15, 0.2) is 54.3 Å². The normalized spacial score (nSPS) is 14.6. The molecule has 0 bridgehead atoms. The molecule has 2 aromatic carbocycles. The van der Waals surface area contributed by atoms with Crippen molar-refractivity contribution in [2.45, 2.75) is 0 Å². The van der Waals surface area contributed by atoms with Crippen LogP contribution in [-0.2, 0) is 4.79 Å². The summed E-state index contributed by atoms with van der Waals surface area (Å²) in [5.74, 6) is 0.199. The molecule has 0 unspecified atom stereocenters. The summed E-state index contributed by atoms with van der Waals surface area (Å²) in [5.41, 5.74) is 1.83. The van der Waals surface area contributed by atoms with E-state index in [2.05, 4.69) is 10.6 Å². The third kappa shape index (κ3) is 4.29. The molecule has 0 atom stereocenters. The number of carbonyl (C=O) groups is 2. The number of anilines is 1. The lowest BCUT2D eigenvalue weighted by atomic mass is 10.1. The molecule has 0 fully saturated rings. The Morgan fingerprint density at radius 3 is 2.69 bits per heavy atom. The highest BCUT2D eigenvalue weighted by Gasteiger charge is 2.23. The predicted molar refractivity (Wildman–Crippen MR) is 101 cm³/mol. The maximum absolute atomic E-state index is 12.3. The molecule has 2 amide bonds. The maximum atomic E-state index is 12.3. The topological polar surface area (TPSA) is 70.7 Å². The lowest BCUT2D eigenvalue weighted by Gasteiger charge is -2.20. The van der Waals surface area contributed by atoms with Crippen LogP contribution in [-0.4, -0.2) is 43.9 Å². The molecular formula is C20H21N3O3. The van der Waals surface area contributed by atoms with E-state index in [1.807, 2.05) is 49.3 Å². The van der Waals surface area contributed by atoms with Crippen LogP contribution in [0.25, 0.3) is 6.08 Å². The van der Waals surface area contributed by atoms with E-state index in [1.165, 1.54) is 0 Å². The van der Waals surface area contributed by atoms with Gasteiger partial charge in [0.15, 0.2) is 11.5 Å². The van der Waals surface area contributed by atoms with Gasteiger partial charge in [-0.1, -0.05) is 30.3 Å². The Morgan fingerprint density at radius 2 is 1.96 bits per heavy atom. The first kappa shape index (κ1) is 17.7. The number of hydrogen-bond donors (Lipinski definition) is 2. The molecule has 2 aromatic rings. The summed E-state index contributed by atoms with van der Waals surface area (Å²) >= 11 is 0. The minimum absolute atomic E-state index is 0.186. The SMILES string of the molecule is CN(C)CCNC(=O)c1ccc2c(c1)NC(=O)/C(=C\c1ccccc1)O2. The number of nitrogens with zero attached hydrogens (tertiary/aromatic N) is 1. The minimum Gasteiger partial charge on any atom is -0.449 e. The van der Waals surface area contributed by atoms with Gasteiger partial charge in [0.1, 0.15) is 0 Å². The minimum atomic E-state index is -0.341. The van der Waals surface area contributed by atoms with Crippen LogP contribution in [0, 0.1) is 0 Å². The van der Waals surface area contributed by atoms with Gasteiger partial charge in [-0.25, -0.2) is 0 Å². The lowest BCUT2D eigenvalue weighted by molar-refractivity contribution is -0.115.